The molecule has 6 nitrogen and oxygen atoms in total. The molecule has 0 bridgehead atoms. The number of amides is 2. The third kappa shape index (κ3) is 3.16. The number of nitrogens with zero attached hydrogens (tertiary/aromatic N) is 2. The highest BCUT2D eigenvalue weighted by molar-refractivity contribution is 6.01. The van der Waals surface area contributed by atoms with Crippen molar-refractivity contribution in [1.82, 2.24) is 4.90 Å². The topological polar surface area (TPSA) is 81.1 Å². The van der Waals surface area contributed by atoms with Gasteiger partial charge in [-0.1, -0.05) is 12.1 Å². The quantitative estimate of drug-likeness (QED) is 0.867. The van der Waals surface area contributed by atoms with Gasteiger partial charge in [-0.05, 0) is 31.4 Å². The normalized spacial score (nSPS) is 14.4. The summed E-state index contributed by atoms with van der Waals surface area (Å²) < 4.78 is 0. The summed E-state index contributed by atoms with van der Waals surface area (Å²) in [5.74, 6) is -1.07. The number of rotatable bonds is 5. The summed E-state index contributed by atoms with van der Waals surface area (Å²) in [5.41, 5.74) is 0.447. The first kappa shape index (κ1) is 15.3. The van der Waals surface area contributed by atoms with Crippen LogP contribution < -0.4 is 4.90 Å². The van der Waals surface area contributed by atoms with Gasteiger partial charge < -0.3 is 15.1 Å². The zero-order valence-corrected chi connectivity index (χ0v) is 12.0. The third-order valence-corrected chi connectivity index (χ3v) is 3.88. The van der Waals surface area contributed by atoms with Crippen LogP contribution in [0.3, 0.4) is 0 Å². The fourth-order valence-electron chi connectivity index (χ4n) is 2.48. The molecule has 0 radical (unpaired) electrons. The van der Waals surface area contributed by atoms with Crippen molar-refractivity contribution in [2.24, 2.45) is 0 Å². The molecule has 21 heavy (non-hydrogen) atoms. The van der Waals surface area contributed by atoms with E-state index in [0.717, 1.165) is 19.3 Å². The minimum absolute atomic E-state index is 0.0888. The monoisotopic (exact) mass is 292 g/mol. The summed E-state index contributed by atoms with van der Waals surface area (Å²) in [5, 5.41) is 18.4. The molecule has 1 aromatic carbocycles. The number of carbonyl (C=O) groups is 2. The third-order valence-electron chi connectivity index (χ3n) is 3.88. The fourth-order valence-corrected chi connectivity index (χ4v) is 2.48. The predicted molar refractivity (Wildman–Crippen MR) is 78.6 cm³/mol. The van der Waals surface area contributed by atoms with Crippen LogP contribution in [0.5, 0.6) is 0 Å². The Kier molecular flexibility index (Phi) is 4.80. The summed E-state index contributed by atoms with van der Waals surface area (Å²) in [4.78, 5) is 26.8. The van der Waals surface area contributed by atoms with Gasteiger partial charge >= 0.3 is 12.0 Å². The van der Waals surface area contributed by atoms with E-state index in [0.29, 0.717) is 5.69 Å². The second kappa shape index (κ2) is 6.58. The maximum atomic E-state index is 12.6. The number of para-hydroxylation sites is 1. The Bertz CT molecular complexity index is 528. The molecule has 0 atom stereocenters. The molecule has 0 aromatic heterocycles. The molecule has 1 fully saturated rings. The number of carbonyl (C=O) groups excluding carboxylic acids is 1. The maximum Gasteiger partial charge on any atom is 0.337 e. The van der Waals surface area contributed by atoms with Gasteiger partial charge in [-0.25, -0.2) is 9.59 Å². The van der Waals surface area contributed by atoms with Gasteiger partial charge in [-0.3, -0.25) is 4.90 Å². The van der Waals surface area contributed by atoms with Crippen LogP contribution in [0.1, 0.15) is 29.6 Å². The van der Waals surface area contributed by atoms with E-state index in [2.05, 4.69) is 0 Å². The lowest BCUT2D eigenvalue weighted by molar-refractivity contribution is 0.0697. The highest BCUT2D eigenvalue weighted by atomic mass is 16.4. The van der Waals surface area contributed by atoms with Gasteiger partial charge in [0.25, 0.3) is 0 Å². The second-order valence-corrected chi connectivity index (χ2v) is 5.17. The standard InChI is InChI=1S/C15H20N2O4/c1-16(13-8-3-2-7-12(13)14(19)20)15(21)17(9-10-18)11-5-4-6-11/h2-3,7-8,11,18H,4-6,9-10H2,1H3,(H,19,20). The lowest BCUT2D eigenvalue weighted by Crippen LogP contribution is -2.51. The van der Waals surface area contributed by atoms with Crippen molar-refractivity contribution in [3.63, 3.8) is 0 Å². The van der Waals surface area contributed by atoms with Gasteiger partial charge in [0.2, 0.25) is 0 Å². The number of carboxylic acids is 1. The van der Waals surface area contributed by atoms with Crippen molar-refractivity contribution in [3.8, 4) is 0 Å². The first-order valence-corrected chi connectivity index (χ1v) is 7.03. The van der Waals surface area contributed by atoms with Crippen molar-refractivity contribution in [2.75, 3.05) is 25.1 Å². The Morgan fingerprint density at radius 3 is 2.48 bits per heavy atom. The summed E-state index contributed by atoms with van der Waals surface area (Å²) in [6.07, 6.45) is 2.94. The maximum absolute atomic E-state index is 12.6. The van der Waals surface area contributed by atoms with Gasteiger partial charge in [0.15, 0.2) is 0 Å². The minimum Gasteiger partial charge on any atom is -0.478 e. The molecular formula is C15H20N2O4. The zero-order chi connectivity index (χ0) is 15.4. The lowest BCUT2D eigenvalue weighted by Gasteiger charge is -2.39. The first-order valence-electron chi connectivity index (χ1n) is 7.03. The molecule has 2 rings (SSSR count). The first-order chi connectivity index (χ1) is 10.1. The smallest absolute Gasteiger partial charge is 0.337 e. The van der Waals surface area contributed by atoms with Crippen LogP contribution in [-0.2, 0) is 0 Å². The van der Waals surface area contributed by atoms with Gasteiger partial charge in [-0.15, -0.1) is 0 Å². The van der Waals surface area contributed by atoms with Crippen molar-refractivity contribution in [3.05, 3.63) is 29.8 Å². The van der Waals surface area contributed by atoms with Crippen molar-refractivity contribution in [1.29, 1.82) is 0 Å². The van der Waals surface area contributed by atoms with Gasteiger partial charge in [-0.2, -0.15) is 0 Å². The van der Waals surface area contributed by atoms with Gasteiger partial charge in [0, 0.05) is 19.6 Å². The number of aliphatic hydroxyl groups excluding tert-OH is 1. The number of aliphatic hydroxyl groups is 1. The molecular weight excluding hydrogens is 272 g/mol. The summed E-state index contributed by atoms with van der Waals surface area (Å²) >= 11 is 0. The summed E-state index contributed by atoms with van der Waals surface area (Å²) in [7, 11) is 1.56. The van der Waals surface area contributed by atoms with Crippen LogP contribution in [0.4, 0.5) is 10.5 Å². The van der Waals surface area contributed by atoms with E-state index in [4.69, 9.17) is 5.11 Å². The number of benzene rings is 1. The van der Waals surface area contributed by atoms with E-state index in [9.17, 15) is 14.7 Å². The molecule has 0 spiro atoms. The van der Waals surface area contributed by atoms with Gasteiger partial charge in [0.1, 0.15) is 0 Å². The molecule has 2 N–H and O–H groups in total. The van der Waals surface area contributed by atoms with Crippen molar-refractivity contribution < 1.29 is 19.8 Å². The largest absolute Gasteiger partial charge is 0.478 e. The number of hydrogen-bond donors (Lipinski definition) is 2. The molecule has 0 aliphatic heterocycles. The minimum atomic E-state index is -1.07. The van der Waals surface area contributed by atoms with E-state index in [1.54, 1.807) is 30.1 Å². The predicted octanol–water partition coefficient (Wildman–Crippen LogP) is 1.79. The van der Waals surface area contributed by atoms with Crippen LogP contribution in [0, 0.1) is 0 Å². The number of hydrogen-bond acceptors (Lipinski definition) is 3. The molecule has 0 unspecified atom stereocenters. The van der Waals surface area contributed by atoms with E-state index >= 15 is 0 Å². The molecule has 114 valence electrons. The molecule has 1 aliphatic rings. The summed E-state index contributed by atoms with van der Waals surface area (Å²) in [6.45, 7) is 0.166. The Morgan fingerprint density at radius 2 is 1.95 bits per heavy atom. The Balaban J connectivity index is 2.23. The highest BCUT2D eigenvalue weighted by Gasteiger charge is 2.31. The van der Waals surface area contributed by atoms with Crippen molar-refractivity contribution in [2.45, 2.75) is 25.3 Å². The fraction of sp³-hybridized carbons (Fsp3) is 0.467. The average molecular weight is 292 g/mol. The Hall–Kier alpha value is -2.08. The van der Waals surface area contributed by atoms with E-state index < -0.39 is 5.97 Å². The molecule has 1 aromatic rings. The van der Waals surface area contributed by atoms with Crippen LogP contribution in [0.2, 0.25) is 0 Å². The van der Waals surface area contributed by atoms with Crippen LogP contribution in [-0.4, -0.2) is 53.4 Å². The van der Waals surface area contributed by atoms with Gasteiger partial charge in [0.05, 0.1) is 17.9 Å². The SMILES string of the molecule is CN(C(=O)N(CCO)C1CCC1)c1ccccc1C(=O)O. The zero-order valence-electron chi connectivity index (χ0n) is 12.0. The second-order valence-electron chi connectivity index (χ2n) is 5.17. The van der Waals surface area contributed by atoms with E-state index in [1.165, 1.54) is 11.0 Å². The number of urea groups is 1. The lowest BCUT2D eigenvalue weighted by atomic mass is 9.91. The van der Waals surface area contributed by atoms with E-state index in [-0.39, 0.29) is 30.8 Å². The molecule has 0 saturated heterocycles. The highest BCUT2D eigenvalue weighted by Crippen LogP contribution is 2.27. The molecule has 0 heterocycles. The van der Waals surface area contributed by atoms with Crippen LogP contribution in [0.25, 0.3) is 0 Å². The average Bonchev–Trinajstić information content (AvgIpc) is 2.43. The van der Waals surface area contributed by atoms with Crippen molar-refractivity contribution >= 4 is 17.7 Å². The molecule has 6 heteroatoms. The number of aromatic carboxylic acids is 1. The Morgan fingerprint density at radius 1 is 1.29 bits per heavy atom. The van der Waals surface area contributed by atoms with E-state index in [1.807, 2.05) is 0 Å². The Labute approximate surface area is 123 Å². The molecule has 1 aliphatic carbocycles. The van der Waals surface area contributed by atoms with Crippen LogP contribution in [0.15, 0.2) is 24.3 Å². The molecule has 1 saturated carbocycles. The molecule has 2 amide bonds. The van der Waals surface area contributed by atoms with Crippen LogP contribution >= 0.6 is 0 Å². The number of anilines is 1. The summed E-state index contributed by atoms with van der Waals surface area (Å²) in [6, 6.07) is 6.28. The number of carboxylic acid groups (broad SMARTS) is 1.